The monoisotopic (exact) mass is 737 g/mol. The predicted molar refractivity (Wildman–Crippen MR) is 175 cm³/mol. The maximum absolute atomic E-state index is 13.7. The van der Waals surface area contributed by atoms with E-state index in [1.807, 2.05) is 0 Å². The predicted octanol–water partition coefficient (Wildman–Crippen LogP) is 6.36. The van der Waals surface area contributed by atoms with E-state index >= 15 is 0 Å². The van der Waals surface area contributed by atoms with E-state index in [1.165, 1.54) is 22.5 Å². The molecule has 1 aliphatic rings. The van der Waals surface area contributed by atoms with Gasteiger partial charge in [-0.25, -0.2) is 8.42 Å². The molecule has 8 nitrogen and oxygen atoms in total. The Bertz CT molecular complexity index is 1640. The number of nitrogens with zero attached hydrogens (tertiary/aromatic N) is 1. The van der Waals surface area contributed by atoms with Crippen LogP contribution in [0, 0.1) is 0 Å². The number of aliphatic hydroxyl groups is 1. The third-order valence-corrected chi connectivity index (χ3v) is 9.44. The molecule has 0 aromatic heterocycles. The number of rotatable bonds is 12. The molecule has 0 bridgehead atoms. The van der Waals surface area contributed by atoms with Gasteiger partial charge in [0.05, 0.1) is 40.8 Å². The first-order chi connectivity index (χ1) is 22.4. The summed E-state index contributed by atoms with van der Waals surface area (Å²) in [4.78, 5) is 13.7. The molecule has 1 amide bonds. The summed E-state index contributed by atoms with van der Waals surface area (Å²) in [7, 11) is -3.62. The summed E-state index contributed by atoms with van der Waals surface area (Å²) in [5, 5.41) is 16.6. The zero-order chi connectivity index (χ0) is 35.3. The molecular formula is C33H38ClF6N3O5S. The number of carbonyl (C=O) groups excluding carboxylic acids is 1. The Morgan fingerprint density at radius 3 is 2.12 bits per heavy atom. The highest BCUT2D eigenvalue weighted by Crippen LogP contribution is 2.36. The lowest BCUT2D eigenvalue weighted by molar-refractivity contribution is -0.143. The Balaban J connectivity index is 0.00000650. The molecular weight excluding hydrogens is 700 g/mol. The van der Waals surface area contributed by atoms with Crippen molar-refractivity contribution in [3.05, 3.63) is 94.5 Å². The lowest BCUT2D eigenvalue weighted by atomic mass is 10.00. The molecule has 3 N–H and O–H groups in total. The molecule has 270 valence electrons. The average Bonchev–Trinajstić information content (AvgIpc) is 2.99. The van der Waals surface area contributed by atoms with Crippen LogP contribution in [-0.4, -0.2) is 56.5 Å². The summed E-state index contributed by atoms with van der Waals surface area (Å²) in [6.07, 6.45) is -10.4. The number of anilines is 1. The second-order valence-electron chi connectivity index (χ2n) is 11.9. The first kappa shape index (κ1) is 39.9. The zero-order valence-corrected chi connectivity index (χ0v) is 28.3. The number of amides is 1. The molecule has 1 heterocycles. The van der Waals surface area contributed by atoms with E-state index < -0.39 is 58.1 Å². The summed E-state index contributed by atoms with van der Waals surface area (Å²) in [6.45, 7) is 3.03. The molecule has 0 unspecified atom stereocenters. The number of alkyl halides is 6. The van der Waals surface area contributed by atoms with Crippen molar-refractivity contribution < 1.29 is 49.4 Å². The van der Waals surface area contributed by atoms with Gasteiger partial charge in [0.15, 0.2) is 0 Å². The lowest BCUT2D eigenvalue weighted by Gasteiger charge is -2.29. The second-order valence-corrected chi connectivity index (χ2v) is 13.9. The molecule has 3 aromatic carbocycles. The average molecular weight is 738 g/mol. The largest absolute Gasteiger partial charge is 0.491 e. The smallest absolute Gasteiger partial charge is 0.416 e. The Labute approximate surface area is 287 Å². The van der Waals surface area contributed by atoms with Crippen molar-refractivity contribution in [3.8, 4) is 5.75 Å². The quantitative estimate of drug-likeness (QED) is 0.187. The minimum atomic E-state index is -5.00. The molecule has 0 aliphatic carbocycles. The van der Waals surface area contributed by atoms with Gasteiger partial charge >= 0.3 is 12.4 Å². The minimum absolute atomic E-state index is 0. The maximum Gasteiger partial charge on any atom is 0.416 e. The number of hydrogen-bond acceptors (Lipinski definition) is 6. The van der Waals surface area contributed by atoms with Crippen molar-refractivity contribution in [3.63, 3.8) is 0 Å². The number of benzene rings is 3. The van der Waals surface area contributed by atoms with Crippen LogP contribution in [0.1, 0.15) is 59.3 Å². The van der Waals surface area contributed by atoms with Crippen LogP contribution in [0.3, 0.4) is 0 Å². The number of ether oxygens (including phenoxy) is 1. The molecule has 0 radical (unpaired) electrons. The third-order valence-electron chi connectivity index (χ3n) is 7.57. The van der Waals surface area contributed by atoms with E-state index in [-0.39, 0.29) is 72.4 Å². The van der Waals surface area contributed by atoms with E-state index in [0.717, 1.165) is 5.56 Å². The standard InChI is InChI=1S/C33H37F6N3O5S.ClH/c1-21(2)47-28-16-24(15-27(18-28)42-10-6-7-11-48(42,45)46)31(44)41-29(14-22-8-4-3-5-9-22)30(43)20-40-19-23-12-25(32(34,35)36)17-26(13-23)33(37,38)39;/h3-5,8-9,12-13,15-18,21,29-30,40,43H,6-7,10-11,14,19-20H2,1-2H3,(H,41,44);1H/t29-,30+;/m0./s1. The van der Waals surface area contributed by atoms with E-state index in [9.17, 15) is 44.7 Å². The molecule has 1 fully saturated rings. The van der Waals surface area contributed by atoms with Crippen molar-refractivity contribution in [2.45, 2.75) is 70.3 Å². The van der Waals surface area contributed by atoms with Gasteiger partial charge in [0.1, 0.15) is 5.75 Å². The lowest BCUT2D eigenvalue weighted by Crippen LogP contribution is -2.48. The summed E-state index contributed by atoms with van der Waals surface area (Å²) < 4.78 is 113. The van der Waals surface area contributed by atoms with Crippen molar-refractivity contribution in [1.82, 2.24) is 10.6 Å². The van der Waals surface area contributed by atoms with E-state index in [1.54, 1.807) is 44.2 Å². The normalized spacial score (nSPS) is 16.1. The number of nitrogens with one attached hydrogen (secondary N) is 2. The highest BCUT2D eigenvalue weighted by atomic mass is 35.5. The number of hydrogen-bond donors (Lipinski definition) is 3. The van der Waals surface area contributed by atoms with Crippen LogP contribution in [0.15, 0.2) is 66.7 Å². The zero-order valence-electron chi connectivity index (χ0n) is 26.6. The fraction of sp³-hybridized carbons (Fsp3) is 0.424. The fourth-order valence-electron chi connectivity index (χ4n) is 5.31. The number of aliphatic hydroxyl groups excluding tert-OH is 1. The summed E-state index contributed by atoms with van der Waals surface area (Å²) in [5.41, 5.74) is -2.17. The van der Waals surface area contributed by atoms with Gasteiger partial charge in [-0.05, 0) is 74.6 Å². The van der Waals surface area contributed by atoms with Gasteiger partial charge in [0.2, 0.25) is 10.0 Å². The summed E-state index contributed by atoms with van der Waals surface area (Å²) >= 11 is 0. The van der Waals surface area contributed by atoms with Crippen LogP contribution in [0.4, 0.5) is 32.0 Å². The molecule has 16 heteroatoms. The summed E-state index contributed by atoms with van der Waals surface area (Å²) in [5.74, 6) is -0.442. The Kier molecular flexibility index (Phi) is 13.4. The first-order valence-corrected chi connectivity index (χ1v) is 16.9. The van der Waals surface area contributed by atoms with Gasteiger partial charge in [0.25, 0.3) is 5.91 Å². The van der Waals surface area contributed by atoms with Gasteiger partial charge in [-0.2, -0.15) is 26.3 Å². The molecule has 2 atom stereocenters. The molecule has 1 saturated heterocycles. The first-order valence-electron chi connectivity index (χ1n) is 15.3. The Morgan fingerprint density at radius 2 is 1.55 bits per heavy atom. The van der Waals surface area contributed by atoms with Crippen molar-refractivity contribution in [1.29, 1.82) is 0 Å². The fourth-order valence-corrected chi connectivity index (χ4v) is 6.93. The van der Waals surface area contributed by atoms with Crippen molar-refractivity contribution in [2.24, 2.45) is 0 Å². The van der Waals surface area contributed by atoms with Gasteiger partial charge in [0, 0.05) is 31.3 Å². The van der Waals surface area contributed by atoms with E-state index in [0.29, 0.717) is 25.0 Å². The van der Waals surface area contributed by atoms with Crippen molar-refractivity contribution >= 4 is 34.0 Å². The second kappa shape index (κ2) is 16.5. The maximum atomic E-state index is 13.7. The van der Waals surface area contributed by atoms with Gasteiger partial charge in [-0.1, -0.05) is 30.3 Å². The molecule has 0 spiro atoms. The van der Waals surface area contributed by atoms with Gasteiger partial charge < -0.3 is 20.5 Å². The molecule has 49 heavy (non-hydrogen) atoms. The van der Waals surface area contributed by atoms with Gasteiger partial charge in [-0.3, -0.25) is 9.10 Å². The highest BCUT2D eigenvalue weighted by Gasteiger charge is 2.37. The van der Waals surface area contributed by atoms with Crippen LogP contribution in [0.5, 0.6) is 5.75 Å². The molecule has 1 aliphatic heterocycles. The van der Waals surface area contributed by atoms with Crippen LogP contribution >= 0.6 is 12.4 Å². The third kappa shape index (κ3) is 11.2. The van der Waals surface area contributed by atoms with Crippen LogP contribution in [0.2, 0.25) is 0 Å². The molecule has 4 rings (SSSR count). The Morgan fingerprint density at radius 1 is 0.918 bits per heavy atom. The van der Waals surface area contributed by atoms with Crippen LogP contribution < -0.4 is 19.7 Å². The Hall–Kier alpha value is -3.53. The number of sulfonamides is 1. The molecule has 3 aromatic rings. The summed E-state index contributed by atoms with van der Waals surface area (Å²) in [6, 6.07) is 13.5. The van der Waals surface area contributed by atoms with Crippen molar-refractivity contribution in [2.75, 3.05) is 23.1 Å². The van der Waals surface area contributed by atoms with Crippen LogP contribution in [-0.2, 0) is 35.3 Å². The number of carbonyl (C=O) groups is 1. The van der Waals surface area contributed by atoms with E-state index in [2.05, 4.69) is 10.6 Å². The van der Waals surface area contributed by atoms with Gasteiger partial charge in [-0.15, -0.1) is 12.4 Å². The molecule has 0 saturated carbocycles. The topological polar surface area (TPSA) is 108 Å². The SMILES string of the molecule is CC(C)Oc1cc(C(=O)N[C@@H](Cc2ccccc2)[C@H](O)CNCc2cc(C(F)(F)F)cc(C(F)(F)F)c2)cc(N2CCCCS2(=O)=O)c1.Cl. The highest BCUT2D eigenvalue weighted by molar-refractivity contribution is 7.92. The van der Waals surface area contributed by atoms with E-state index in [4.69, 9.17) is 4.74 Å². The minimum Gasteiger partial charge on any atom is -0.491 e. The van der Waals surface area contributed by atoms with Crippen LogP contribution in [0.25, 0.3) is 0 Å². The number of halogens is 7.